The Morgan fingerprint density at radius 1 is 0.879 bits per heavy atom. The van der Waals surface area contributed by atoms with Crippen molar-refractivity contribution in [3.8, 4) is 0 Å². The van der Waals surface area contributed by atoms with Crippen molar-refractivity contribution in [1.29, 1.82) is 0 Å². The Labute approximate surface area is 188 Å². The monoisotopic (exact) mass is 436 g/mol. The standard InChI is InChI=1S/C26H20N4O3/c31-23(16-29-25-15-27-17-30(25)22-9-5-4-8-21(22)26(29)33)19-10-12-20(13-11-19)28-24(32)14-18-6-2-1-3-7-18/h1-13,15,17H,14,16H2,(H,28,32). The van der Waals surface area contributed by atoms with E-state index >= 15 is 0 Å². The van der Waals surface area contributed by atoms with Crippen LogP contribution in [0.1, 0.15) is 15.9 Å². The number of rotatable bonds is 6. The molecule has 0 atom stereocenters. The third-order valence-corrected chi connectivity index (χ3v) is 5.53. The number of nitrogens with one attached hydrogen (secondary N) is 1. The number of Topliss-reactive ketones (excluding diaryl/α,β-unsaturated/α-hetero) is 1. The number of fused-ring (bicyclic) bond motifs is 3. The van der Waals surface area contributed by atoms with Gasteiger partial charge in [-0.25, -0.2) is 4.98 Å². The molecule has 1 amide bonds. The molecule has 0 fully saturated rings. The van der Waals surface area contributed by atoms with Crippen molar-refractivity contribution >= 4 is 33.9 Å². The summed E-state index contributed by atoms with van der Waals surface area (Å²) in [4.78, 5) is 42.4. The van der Waals surface area contributed by atoms with Gasteiger partial charge >= 0.3 is 0 Å². The van der Waals surface area contributed by atoms with E-state index in [2.05, 4.69) is 10.3 Å². The Balaban J connectivity index is 1.35. The van der Waals surface area contributed by atoms with Gasteiger partial charge in [-0.2, -0.15) is 0 Å². The molecule has 0 aliphatic rings. The van der Waals surface area contributed by atoms with Crippen molar-refractivity contribution in [3.63, 3.8) is 0 Å². The molecule has 0 saturated heterocycles. The summed E-state index contributed by atoms with van der Waals surface area (Å²) in [7, 11) is 0. The molecule has 0 bridgehead atoms. The fourth-order valence-electron chi connectivity index (χ4n) is 3.90. The molecule has 0 spiro atoms. The Morgan fingerprint density at radius 3 is 2.39 bits per heavy atom. The predicted molar refractivity (Wildman–Crippen MR) is 127 cm³/mol. The quantitative estimate of drug-likeness (QED) is 0.411. The van der Waals surface area contributed by atoms with Crippen LogP contribution in [0.4, 0.5) is 5.69 Å². The molecule has 5 aromatic rings. The fraction of sp³-hybridized carbons (Fsp3) is 0.0769. The average Bonchev–Trinajstić information content (AvgIpc) is 3.33. The summed E-state index contributed by atoms with van der Waals surface area (Å²) in [5, 5.41) is 3.36. The van der Waals surface area contributed by atoms with Crippen LogP contribution in [0.15, 0.2) is 96.2 Å². The van der Waals surface area contributed by atoms with Crippen LogP contribution in [-0.2, 0) is 17.8 Å². The third kappa shape index (κ3) is 4.04. The molecule has 7 nitrogen and oxygen atoms in total. The number of imidazole rings is 1. The molecule has 0 aliphatic carbocycles. The number of aromatic nitrogens is 3. The number of carbonyl (C=O) groups is 2. The second kappa shape index (κ2) is 8.55. The molecular formula is C26H20N4O3. The summed E-state index contributed by atoms with van der Waals surface area (Å²) in [5.74, 6) is -0.344. The van der Waals surface area contributed by atoms with Crippen LogP contribution in [0, 0.1) is 0 Å². The molecule has 162 valence electrons. The Morgan fingerprint density at radius 2 is 1.61 bits per heavy atom. The Bertz CT molecular complexity index is 1530. The molecule has 5 rings (SSSR count). The maximum Gasteiger partial charge on any atom is 0.262 e. The van der Waals surface area contributed by atoms with Crippen molar-refractivity contribution < 1.29 is 9.59 Å². The van der Waals surface area contributed by atoms with Gasteiger partial charge in [0.05, 0.1) is 30.1 Å². The van der Waals surface area contributed by atoms with Gasteiger partial charge in [0.15, 0.2) is 5.78 Å². The molecule has 0 saturated carbocycles. The fourth-order valence-corrected chi connectivity index (χ4v) is 3.90. The zero-order valence-corrected chi connectivity index (χ0v) is 17.6. The summed E-state index contributed by atoms with van der Waals surface area (Å²) in [5.41, 5.74) is 3.04. The first-order chi connectivity index (χ1) is 16.1. The van der Waals surface area contributed by atoms with Gasteiger partial charge < -0.3 is 5.32 Å². The predicted octanol–water partition coefficient (Wildman–Crippen LogP) is 3.71. The Kier molecular flexibility index (Phi) is 5.28. The van der Waals surface area contributed by atoms with E-state index in [4.69, 9.17) is 0 Å². The summed E-state index contributed by atoms with van der Waals surface area (Å²) in [6.07, 6.45) is 3.48. The van der Waals surface area contributed by atoms with Gasteiger partial charge in [0.1, 0.15) is 12.0 Å². The lowest BCUT2D eigenvalue weighted by atomic mass is 10.1. The summed E-state index contributed by atoms with van der Waals surface area (Å²) >= 11 is 0. The number of hydrogen-bond acceptors (Lipinski definition) is 4. The minimum absolute atomic E-state index is 0.113. The van der Waals surface area contributed by atoms with Gasteiger partial charge in [0, 0.05) is 11.3 Å². The van der Waals surface area contributed by atoms with Crippen LogP contribution >= 0.6 is 0 Å². The highest BCUT2D eigenvalue weighted by atomic mass is 16.2. The van der Waals surface area contributed by atoms with E-state index in [1.165, 1.54) is 4.57 Å². The average molecular weight is 436 g/mol. The van der Waals surface area contributed by atoms with Crippen LogP contribution in [0.2, 0.25) is 0 Å². The van der Waals surface area contributed by atoms with Gasteiger partial charge in [-0.3, -0.25) is 23.4 Å². The zero-order valence-electron chi connectivity index (χ0n) is 17.6. The molecular weight excluding hydrogens is 416 g/mol. The van der Waals surface area contributed by atoms with E-state index in [0.717, 1.165) is 11.1 Å². The van der Waals surface area contributed by atoms with Crippen LogP contribution < -0.4 is 10.9 Å². The van der Waals surface area contributed by atoms with Crippen molar-refractivity contribution in [2.75, 3.05) is 5.32 Å². The maximum atomic E-state index is 13.1. The smallest absolute Gasteiger partial charge is 0.262 e. The van der Waals surface area contributed by atoms with Crippen molar-refractivity contribution in [3.05, 3.63) is 113 Å². The first-order valence-electron chi connectivity index (χ1n) is 10.5. The van der Waals surface area contributed by atoms with E-state index in [1.807, 2.05) is 42.5 Å². The first kappa shape index (κ1) is 20.4. The van der Waals surface area contributed by atoms with E-state index in [9.17, 15) is 14.4 Å². The largest absolute Gasteiger partial charge is 0.326 e. The van der Waals surface area contributed by atoms with E-state index in [0.29, 0.717) is 22.3 Å². The Hall–Kier alpha value is -4.52. The number of nitrogens with zero attached hydrogens (tertiary/aromatic N) is 3. The van der Waals surface area contributed by atoms with E-state index in [-0.39, 0.29) is 30.2 Å². The number of anilines is 1. The summed E-state index contributed by atoms with van der Waals surface area (Å²) < 4.78 is 3.24. The maximum absolute atomic E-state index is 13.1. The number of amides is 1. The second-order valence-corrected chi connectivity index (χ2v) is 7.74. The lowest BCUT2D eigenvalue weighted by molar-refractivity contribution is -0.115. The molecule has 33 heavy (non-hydrogen) atoms. The molecule has 0 unspecified atom stereocenters. The second-order valence-electron chi connectivity index (χ2n) is 7.74. The minimum atomic E-state index is -0.239. The molecule has 3 aromatic carbocycles. The lowest BCUT2D eigenvalue weighted by Crippen LogP contribution is -2.26. The van der Waals surface area contributed by atoms with Crippen LogP contribution in [0.3, 0.4) is 0 Å². The van der Waals surface area contributed by atoms with Crippen LogP contribution in [0.25, 0.3) is 16.6 Å². The molecule has 0 aliphatic heterocycles. The molecule has 2 heterocycles. The van der Waals surface area contributed by atoms with Gasteiger partial charge in [0.2, 0.25) is 5.91 Å². The topological polar surface area (TPSA) is 85.5 Å². The SMILES string of the molecule is O=C(Cc1ccccc1)Nc1ccc(C(=O)Cn2c(=O)c3ccccc3n3cncc23)cc1. The highest BCUT2D eigenvalue weighted by molar-refractivity contribution is 5.98. The van der Waals surface area contributed by atoms with E-state index in [1.54, 1.807) is 53.3 Å². The van der Waals surface area contributed by atoms with Gasteiger partial charge in [-0.15, -0.1) is 0 Å². The van der Waals surface area contributed by atoms with Crippen LogP contribution in [-0.4, -0.2) is 25.6 Å². The summed E-state index contributed by atoms with van der Waals surface area (Å²) in [6.45, 7) is -0.113. The van der Waals surface area contributed by atoms with Crippen molar-refractivity contribution in [2.45, 2.75) is 13.0 Å². The first-order valence-corrected chi connectivity index (χ1v) is 10.5. The van der Waals surface area contributed by atoms with E-state index < -0.39 is 0 Å². The number of carbonyl (C=O) groups excluding carboxylic acids is 2. The molecule has 0 radical (unpaired) electrons. The van der Waals surface area contributed by atoms with Gasteiger partial charge in [-0.05, 0) is 42.0 Å². The highest BCUT2D eigenvalue weighted by Crippen LogP contribution is 2.15. The van der Waals surface area contributed by atoms with Crippen molar-refractivity contribution in [2.24, 2.45) is 0 Å². The van der Waals surface area contributed by atoms with Crippen LogP contribution in [0.5, 0.6) is 0 Å². The summed E-state index contributed by atoms with van der Waals surface area (Å²) in [6, 6.07) is 23.4. The minimum Gasteiger partial charge on any atom is -0.326 e. The van der Waals surface area contributed by atoms with Crippen molar-refractivity contribution in [1.82, 2.24) is 14.0 Å². The van der Waals surface area contributed by atoms with Gasteiger partial charge in [-0.1, -0.05) is 42.5 Å². The molecule has 1 N–H and O–H groups in total. The molecule has 7 heteroatoms. The third-order valence-electron chi connectivity index (χ3n) is 5.53. The molecule has 2 aromatic heterocycles. The number of ketones is 1. The highest BCUT2D eigenvalue weighted by Gasteiger charge is 2.15. The zero-order chi connectivity index (χ0) is 22.8. The number of para-hydroxylation sites is 1. The number of benzene rings is 3. The van der Waals surface area contributed by atoms with Gasteiger partial charge in [0.25, 0.3) is 5.56 Å². The number of hydrogen-bond donors (Lipinski definition) is 1. The lowest BCUT2D eigenvalue weighted by Gasteiger charge is -2.11. The normalized spacial score (nSPS) is 11.0.